The monoisotopic (exact) mass is 229 g/mol. The molecule has 2 aromatic rings. The maximum atomic E-state index is 8.77. The number of hydrogen-bond acceptors (Lipinski definition) is 3. The molecule has 1 aromatic carbocycles. The third-order valence-corrected chi connectivity index (χ3v) is 2.45. The summed E-state index contributed by atoms with van der Waals surface area (Å²) in [5.74, 6) is 0.605. The van der Waals surface area contributed by atoms with Gasteiger partial charge in [0, 0.05) is 16.8 Å². The van der Waals surface area contributed by atoms with E-state index in [9.17, 15) is 0 Å². The van der Waals surface area contributed by atoms with Crippen molar-refractivity contribution in [1.29, 1.82) is 5.26 Å². The first-order valence-corrected chi connectivity index (χ1v) is 5.08. The van der Waals surface area contributed by atoms with Crippen LogP contribution in [0.3, 0.4) is 0 Å². The Balaban J connectivity index is 2.46. The Labute approximate surface area is 98.4 Å². The molecule has 78 valence electrons. The zero-order valence-corrected chi connectivity index (χ0v) is 9.36. The van der Waals surface area contributed by atoms with Gasteiger partial charge in [-0.15, -0.1) is 0 Å². The quantitative estimate of drug-likeness (QED) is 0.755. The van der Waals surface area contributed by atoms with E-state index in [4.69, 9.17) is 16.9 Å². The van der Waals surface area contributed by atoms with E-state index < -0.39 is 0 Å². The number of aryl methyl sites for hydroxylation is 1. The lowest BCUT2D eigenvalue weighted by molar-refractivity contribution is 1.09. The van der Waals surface area contributed by atoms with Crippen molar-refractivity contribution in [1.82, 2.24) is 9.97 Å². The lowest BCUT2D eigenvalue weighted by Crippen LogP contribution is -1.94. The molecular formula is C12H8ClN3. The minimum atomic E-state index is 0.498. The molecule has 1 aromatic heterocycles. The van der Waals surface area contributed by atoms with E-state index in [-0.39, 0.29) is 0 Å². The normalized spacial score (nSPS) is 9.81. The van der Waals surface area contributed by atoms with Crippen LogP contribution in [0.25, 0.3) is 11.4 Å². The van der Waals surface area contributed by atoms with Crippen molar-refractivity contribution in [2.24, 2.45) is 0 Å². The molecule has 16 heavy (non-hydrogen) atoms. The molecule has 2 rings (SSSR count). The van der Waals surface area contributed by atoms with Crippen LogP contribution in [0.5, 0.6) is 0 Å². The summed E-state index contributed by atoms with van der Waals surface area (Å²) in [4.78, 5) is 8.40. The molecule has 4 heteroatoms. The van der Waals surface area contributed by atoms with Gasteiger partial charge in [-0.1, -0.05) is 11.6 Å². The van der Waals surface area contributed by atoms with Crippen LogP contribution in [0.2, 0.25) is 5.02 Å². The first-order valence-electron chi connectivity index (χ1n) is 4.70. The molecular weight excluding hydrogens is 222 g/mol. The minimum Gasteiger partial charge on any atom is -0.235 e. The molecule has 0 radical (unpaired) electrons. The fourth-order valence-electron chi connectivity index (χ4n) is 1.31. The molecule has 0 bridgehead atoms. The smallest absolute Gasteiger partial charge is 0.159 e. The van der Waals surface area contributed by atoms with E-state index in [1.807, 2.05) is 18.2 Å². The summed E-state index contributed by atoms with van der Waals surface area (Å²) in [6, 6.07) is 9.31. The van der Waals surface area contributed by atoms with Crippen LogP contribution >= 0.6 is 11.6 Å². The predicted molar refractivity (Wildman–Crippen MR) is 61.9 cm³/mol. The molecule has 1 heterocycles. The number of nitriles is 1. The first kappa shape index (κ1) is 10.6. The standard InChI is InChI=1S/C12H8ClN3/c1-8-10(6-14)7-15-12(16-8)9-2-4-11(13)5-3-9/h2-5,7H,1H3. The minimum absolute atomic E-state index is 0.498. The summed E-state index contributed by atoms with van der Waals surface area (Å²) in [6.07, 6.45) is 1.53. The van der Waals surface area contributed by atoms with Crippen LogP contribution in [-0.2, 0) is 0 Å². The zero-order valence-electron chi connectivity index (χ0n) is 8.61. The van der Waals surface area contributed by atoms with Crippen LogP contribution in [0.4, 0.5) is 0 Å². The Bertz CT molecular complexity index is 555. The molecule has 0 N–H and O–H groups in total. The van der Waals surface area contributed by atoms with E-state index in [1.165, 1.54) is 6.20 Å². The highest BCUT2D eigenvalue weighted by atomic mass is 35.5. The topological polar surface area (TPSA) is 49.6 Å². The fraction of sp³-hybridized carbons (Fsp3) is 0.0833. The molecule has 0 aliphatic carbocycles. The van der Waals surface area contributed by atoms with E-state index in [0.29, 0.717) is 22.1 Å². The highest BCUT2D eigenvalue weighted by molar-refractivity contribution is 6.30. The van der Waals surface area contributed by atoms with Gasteiger partial charge >= 0.3 is 0 Å². The van der Waals surface area contributed by atoms with E-state index in [1.54, 1.807) is 19.1 Å². The largest absolute Gasteiger partial charge is 0.235 e. The van der Waals surface area contributed by atoms with Crippen molar-refractivity contribution in [3.8, 4) is 17.5 Å². The molecule has 0 atom stereocenters. The number of halogens is 1. The highest BCUT2D eigenvalue weighted by Gasteiger charge is 2.04. The van der Waals surface area contributed by atoms with Gasteiger partial charge in [-0.25, -0.2) is 9.97 Å². The zero-order chi connectivity index (χ0) is 11.5. The molecule has 0 spiro atoms. The lowest BCUT2D eigenvalue weighted by atomic mass is 10.2. The predicted octanol–water partition coefficient (Wildman–Crippen LogP) is 2.98. The van der Waals surface area contributed by atoms with Crippen LogP contribution in [0.1, 0.15) is 11.3 Å². The van der Waals surface area contributed by atoms with Gasteiger partial charge in [0.25, 0.3) is 0 Å². The second-order valence-electron chi connectivity index (χ2n) is 3.31. The molecule has 3 nitrogen and oxygen atoms in total. The average molecular weight is 230 g/mol. The van der Waals surface area contributed by atoms with Crippen LogP contribution in [0.15, 0.2) is 30.5 Å². The Kier molecular flexibility index (Phi) is 2.84. The summed E-state index contributed by atoms with van der Waals surface area (Å²) in [7, 11) is 0. The lowest BCUT2D eigenvalue weighted by Gasteiger charge is -2.02. The fourth-order valence-corrected chi connectivity index (χ4v) is 1.44. The molecule has 0 amide bonds. The highest BCUT2D eigenvalue weighted by Crippen LogP contribution is 2.18. The van der Waals surface area contributed by atoms with Gasteiger partial charge in [0.15, 0.2) is 5.82 Å². The summed E-state index contributed by atoms with van der Waals surface area (Å²) >= 11 is 5.79. The number of aromatic nitrogens is 2. The third-order valence-electron chi connectivity index (χ3n) is 2.20. The molecule has 0 unspecified atom stereocenters. The number of benzene rings is 1. The molecule has 0 aliphatic heterocycles. The van der Waals surface area contributed by atoms with Crippen LogP contribution in [0, 0.1) is 18.3 Å². The number of rotatable bonds is 1. The Hall–Kier alpha value is -1.92. The molecule has 0 fully saturated rings. The Morgan fingerprint density at radius 1 is 1.25 bits per heavy atom. The van der Waals surface area contributed by atoms with Crippen molar-refractivity contribution in [2.75, 3.05) is 0 Å². The second kappa shape index (κ2) is 4.30. The summed E-state index contributed by atoms with van der Waals surface area (Å²) < 4.78 is 0. The van der Waals surface area contributed by atoms with Gasteiger partial charge in [-0.2, -0.15) is 5.26 Å². The molecule has 0 saturated heterocycles. The van der Waals surface area contributed by atoms with E-state index >= 15 is 0 Å². The Morgan fingerprint density at radius 2 is 1.94 bits per heavy atom. The second-order valence-corrected chi connectivity index (χ2v) is 3.75. The Morgan fingerprint density at radius 3 is 2.50 bits per heavy atom. The van der Waals surface area contributed by atoms with Gasteiger partial charge in [0.1, 0.15) is 6.07 Å². The summed E-state index contributed by atoms with van der Waals surface area (Å²) in [5, 5.41) is 9.44. The molecule has 0 saturated carbocycles. The average Bonchev–Trinajstić information content (AvgIpc) is 2.30. The van der Waals surface area contributed by atoms with Crippen LogP contribution in [-0.4, -0.2) is 9.97 Å². The maximum absolute atomic E-state index is 8.77. The van der Waals surface area contributed by atoms with Crippen molar-refractivity contribution in [2.45, 2.75) is 6.92 Å². The van der Waals surface area contributed by atoms with Gasteiger partial charge in [-0.05, 0) is 31.2 Å². The van der Waals surface area contributed by atoms with Gasteiger partial charge in [0.05, 0.1) is 11.3 Å². The van der Waals surface area contributed by atoms with Crippen molar-refractivity contribution < 1.29 is 0 Å². The third kappa shape index (κ3) is 2.02. The van der Waals surface area contributed by atoms with Crippen LogP contribution < -0.4 is 0 Å². The van der Waals surface area contributed by atoms with Gasteiger partial charge in [0.2, 0.25) is 0 Å². The van der Waals surface area contributed by atoms with Crippen molar-refractivity contribution >= 4 is 11.6 Å². The first-order chi connectivity index (χ1) is 7.70. The van der Waals surface area contributed by atoms with Crippen molar-refractivity contribution in [3.05, 3.63) is 46.7 Å². The van der Waals surface area contributed by atoms with Crippen molar-refractivity contribution in [3.63, 3.8) is 0 Å². The SMILES string of the molecule is Cc1nc(-c2ccc(Cl)cc2)ncc1C#N. The molecule has 0 aliphatic rings. The van der Waals surface area contributed by atoms with E-state index in [2.05, 4.69) is 9.97 Å². The van der Waals surface area contributed by atoms with Gasteiger partial charge < -0.3 is 0 Å². The summed E-state index contributed by atoms with van der Waals surface area (Å²) in [5.41, 5.74) is 2.07. The number of hydrogen-bond donors (Lipinski definition) is 0. The summed E-state index contributed by atoms with van der Waals surface area (Å²) in [6.45, 7) is 1.79. The number of nitrogens with zero attached hydrogens (tertiary/aromatic N) is 3. The van der Waals surface area contributed by atoms with E-state index in [0.717, 1.165) is 5.56 Å². The van der Waals surface area contributed by atoms with Gasteiger partial charge in [-0.3, -0.25) is 0 Å². The maximum Gasteiger partial charge on any atom is 0.159 e.